The van der Waals surface area contributed by atoms with Gasteiger partial charge in [-0.15, -0.1) is 0 Å². The fourth-order valence-electron chi connectivity index (χ4n) is 2.82. The molecule has 2 aliphatic rings. The third-order valence-corrected chi connectivity index (χ3v) is 5.16. The Morgan fingerprint density at radius 3 is 2.86 bits per heavy atom. The number of nitrogens with zero attached hydrogens (tertiary/aromatic N) is 1. The van der Waals surface area contributed by atoms with E-state index in [2.05, 4.69) is 22.3 Å². The number of piperazine rings is 1. The number of ether oxygens (including phenoxy) is 2. The van der Waals surface area contributed by atoms with E-state index in [-0.39, 0.29) is 0 Å². The summed E-state index contributed by atoms with van der Waals surface area (Å²) >= 11 is 1.97. The molecule has 3 rings (SSSR count). The molecule has 0 spiro atoms. The summed E-state index contributed by atoms with van der Waals surface area (Å²) in [6.45, 7) is 5.38. The van der Waals surface area contributed by atoms with Crippen LogP contribution in [0, 0.1) is 0 Å². The fraction of sp³-hybridized carbons (Fsp3) is 0.625. The van der Waals surface area contributed by atoms with Crippen molar-refractivity contribution in [3.05, 3.63) is 23.8 Å². The van der Waals surface area contributed by atoms with E-state index >= 15 is 0 Å². The summed E-state index contributed by atoms with van der Waals surface area (Å²) in [5.41, 5.74) is 1.30. The largest absolute Gasteiger partial charge is 0.493 e. The lowest BCUT2D eigenvalue weighted by molar-refractivity contribution is 0.215. The number of rotatable bonds is 5. The van der Waals surface area contributed by atoms with Gasteiger partial charge in [0.05, 0.1) is 7.11 Å². The number of methoxy groups -OCH3 is 1. The van der Waals surface area contributed by atoms with Gasteiger partial charge in [-0.2, -0.15) is 11.8 Å². The molecule has 0 bridgehead atoms. The van der Waals surface area contributed by atoms with Gasteiger partial charge in [-0.05, 0) is 29.9 Å². The summed E-state index contributed by atoms with van der Waals surface area (Å²) in [4.78, 5) is 2.48. The summed E-state index contributed by atoms with van der Waals surface area (Å²) in [5.74, 6) is 4.03. The molecule has 1 N–H and O–H groups in total. The quantitative estimate of drug-likeness (QED) is 0.899. The monoisotopic (exact) mass is 308 g/mol. The molecule has 0 aliphatic carbocycles. The predicted molar refractivity (Wildman–Crippen MR) is 87.5 cm³/mol. The van der Waals surface area contributed by atoms with Crippen LogP contribution in [0.1, 0.15) is 12.0 Å². The Balaban J connectivity index is 1.69. The van der Waals surface area contributed by atoms with Crippen molar-refractivity contribution in [2.24, 2.45) is 0 Å². The second-order valence-electron chi connectivity index (χ2n) is 5.61. The van der Waals surface area contributed by atoms with Gasteiger partial charge in [0.1, 0.15) is 6.10 Å². The average Bonchev–Trinajstić information content (AvgIpc) is 3.02. The topological polar surface area (TPSA) is 33.7 Å². The standard InChI is InChI=1S/C16H24N2O2S/c1-19-15-3-2-13(11-18-7-5-17-6-8-18)10-16(15)20-14-4-9-21-12-14/h2-3,10,14,17H,4-9,11-12H2,1H3. The third kappa shape index (κ3) is 4.05. The average molecular weight is 308 g/mol. The Bertz CT molecular complexity index is 458. The number of thioether (sulfide) groups is 1. The molecule has 1 aromatic carbocycles. The smallest absolute Gasteiger partial charge is 0.161 e. The molecule has 2 aliphatic heterocycles. The van der Waals surface area contributed by atoms with Crippen LogP contribution >= 0.6 is 11.8 Å². The van der Waals surface area contributed by atoms with Crippen LogP contribution in [0.25, 0.3) is 0 Å². The van der Waals surface area contributed by atoms with Crippen LogP contribution in [0.4, 0.5) is 0 Å². The lowest BCUT2D eigenvalue weighted by Gasteiger charge is -2.27. The maximum Gasteiger partial charge on any atom is 0.161 e. The van der Waals surface area contributed by atoms with Crippen molar-refractivity contribution in [3.63, 3.8) is 0 Å². The molecule has 0 radical (unpaired) electrons. The van der Waals surface area contributed by atoms with Gasteiger partial charge in [-0.3, -0.25) is 4.90 Å². The molecule has 2 fully saturated rings. The van der Waals surface area contributed by atoms with Gasteiger partial charge in [-0.25, -0.2) is 0 Å². The Labute approximate surface area is 131 Å². The minimum absolute atomic E-state index is 0.332. The highest BCUT2D eigenvalue weighted by molar-refractivity contribution is 7.99. The lowest BCUT2D eigenvalue weighted by atomic mass is 10.1. The predicted octanol–water partition coefficient (Wildman–Crippen LogP) is 1.98. The van der Waals surface area contributed by atoms with Gasteiger partial charge in [0.15, 0.2) is 11.5 Å². The highest BCUT2D eigenvalue weighted by Crippen LogP contribution is 2.32. The molecule has 4 nitrogen and oxygen atoms in total. The normalized spacial score (nSPS) is 23.2. The molecule has 0 aromatic heterocycles. The fourth-order valence-corrected chi connectivity index (χ4v) is 3.92. The summed E-state index contributed by atoms with van der Waals surface area (Å²) in [6.07, 6.45) is 1.47. The van der Waals surface area contributed by atoms with Crippen molar-refractivity contribution in [2.75, 3.05) is 44.8 Å². The Morgan fingerprint density at radius 1 is 1.29 bits per heavy atom. The molecule has 1 unspecified atom stereocenters. The first-order valence-corrected chi connectivity index (χ1v) is 8.85. The Kier molecular flexibility index (Phi) is 5.27. The molecule has 5 heteroatoms. The number of hydrogen-bond donors (Lipinski definition) is 1. The van der Waals surface area contributed by atoms with Crippen LogP contribution in [0.5, 0.6) is 11.5 Å². The van der Waals surface area contributed by atoms with Gasteiger partial charge in [0, 0.05) is 38.5 Å². The van der Waals surface area contributed by atoms with Gasteiger partial charge in [0.25, 0.3) is 0 Å². The molecule has 0 saturated carbocycles. The number of nitrogens with one attached hydrogen (secondary N) is 1. The van der Waals surface area contributed by atoms with E-state index in [0.29, 0.717) is 6.10 Å². The van der Waals surface area contributed by atoms with Gasteiger partial charge >= 0.3 is 0 Å². The van der Waals surface area contributed by atoms with Crippen molar-refractivity contribution in [3.8, 4) is 11.5 Å². The molecule has 21 heavy (non-hydrogen) atoms. The van der Waals surface area contributed by atoms with Crippen molar-refractivity contribution >= 4 is 11.8 Å². The van der Waals surface area contributed by atoms with Crippen LogP contribution in [-0.2, 0) is 6.54 Å². The zero-order valence-corrected chi connectivity index (χ0v) is 13.5. The zero-order chi connectivity index (χ0) is 14.5. The van der Waals surface area contributed by atoms with E-state index in [9.17, 15) is 0 Å². The second kappa shape index (κ2) is 7.38. The minimum atomic E-state index is 0.332. The number of hydrogen-bond acceptors (Lipinski definition) is 5. The summed E-state index contributed by atoms with van der Waals surface area (Å²) < 4.78 is 11.6. The molecule has 2 heterocycles. The van der Waals surface area contributed by atoms with Crippen molar-refractivity contribution < 1.29 is 9.47 Å². The first-order chi connectivity index (χ1) is 10.3. The first kappa shape index (κ1) is 15.0. The summed E-state index contributed by atoms with van der Waals surface area (Å²) in [6, 6.07) is 6.34. The highest BCUT2D eigenvalue weighted by atomic mass is 32.2. The van der Waals surface area contributed by atoms with Gasteiger partial charge in [-0.1, -0.05) is 6.07 Å². The molecule has 116 valence electrons. The Hall–Kier alpha value is -0.910. The zero-order valence-electron chi connectivity index (χ0n) is 12.6. The first-order valence-electron chi connectivity index (χ1n) is 7.69. The van der Waals surface area contributed by atoms with E-state index in [0.717, 1.165) is 56.4 Å². The van der Waals surface area contributed by atoms with Crippen LogP contribution in [0.2, 0.25) is 0 Å². The molecular weight excluding hydrogens is 284 g/mol. The Morgan fingerprint density at radius 2 is 2.14 bits per heavy atom. The van der Waals surface area contributed by atoms with Crippen molar-refractivity contribution in [1.82, 2.24) is 10.2 Å². The van der Waals surface area contributed by atoms with Gasteiger partial charge in [0.2, 0.25) is 0 Å². The molecule has 0 amide bonds. The minimum Gasteiger partial charge on any atom is -0.493 e. The molecule has 2 saturated heterocycles. The number of benzene rings is 1. The summed E-state index contributed by atoms with van der Waals surface area (Å²) in [5, 5.41) is 3.39. The van der Waals surface area contributed by atoms with E-state index in [1.807, 2.05) is 17.8 Å². The van der Waals surface area contributed by atoms with Crippen LogP contribution in [0.3, 0.4) is 0 Å². The maximum absolute atomic E-state index is 6.15. The van der Waals surface area contributed by atoms with Crippen LogP contribution < -0.4 is 14.8 Å². The third-order valence-electron chi connectivity index (χ3n) is 4.03. The molecular formula is C16H24N2O2S. The molecule has 1 aromatic rings. The second-order valence-corrected chi connectivity index (χ2v) is 6.76. The van der Waals surface area contributed by atoms with Crippen molar-refractivity contribution in [1.29, 1.82) is 0 Å². The van der Waals surface area contributed by atoms with Crippen molar-refractivity contribution in [2.45, 2.75) is 19.1 Å². The highest BCUT2D eigenvalue weighted by Gasteiger charge is 2.19. The summed E-state index contributed by atoms with van der Waals surface area (Å²) in [7, 11) is 1.71. The van der Waals surface area contributed by atoms with Crippen LogP contribution in [-0.4, -0.2) is 55.8 Å². The van der Waals surface area contributed by atoms with E-state index in [4.69, 9.17) is 9.47 Å². The van der Waals surface area contributed by atoms with E-state index in [1.165, 1.54) is 11.3 Å². The van der Waals surface area contributed by atoms with E-state index < -0.39 is 0 Å². The van der Waals surface area contributed by atoms with Gasteiger partial charge < -0.3 is 14.8 Å². The van der Waals surface area contributed by atoms with E-state index in [1.54, 1.807) is 7.11 Å². The maximum atomic E-state index is 6.15. The lowest BCUT2D eigenvalue weighted by Crippen LogP contribution is -2.42. The van der Waals surface area contributed by atoms with Crippen LogP contribution in [0.15, 0.2) is 18.2 Å². The molecule has 1 atom stereocenters. The SMILES string of the molecule is COc1ccc(CN2CCNCC2)cc1OC1CCSC1.